The quantitative estimate of drug-likeness (QED) is 0.755. The first-order valence-corrected chi connectivity index (χ1v) is 4.44. The van der Waals surface area contributed by atoms with Crippen molar-refractivity contribution in [1.82, 2.24) is 5.32 Å². The van der Waals surface area contributed by atoms with Gasteiger partial charge in [-0.3, -0.25) is 4.79 Å². The van der Waals surface area contributed by atoms with E-state index in [1.54, 1.807) is 18.2 Å². The van der Waals surface area contributed by atoms with Gasteiger partial charge in [-0.25, -0.2) is 0 Å². The monoisotopic (exact) mass is 208 g/mol. The number of nitriles is 1. The summed E-state index contributed by atoms with van der Waals surface area (Å²) in [6.45, 7) is 1.84. The number of hydrogen-bond acceptors (Lipinski definition) is 2. The number of halogens is 1. The van der Waals surface area contributed by atoms with Crippen molar-refractivity contribution >= 4 is 17.5 Å². The summed E-state index contributed by atoms with van der Waals surface area (Å²) in [5, 5.41) is 11.4. The summed E-state index contributed by atoms with van der Waals surface area (Å²) in [6.07, 6.45) is 0. The highest BCUT2D eigenvalue weighted by Gasteiger charge is 2.05. The van der Waals surface area contributed by atoms with Crippen molar-refractivity contribution in [2.45, 2.75) is 6.92 Å². The predicted octanol–water partition coefficient (Wildman–Crippen LogP) is 1.90. The average Bonchev–Trinajstić information content (AvgIpc) is 2.18. The molecule has 0 aliphatic carbocycles. The first-order chi connectivity index (χ1) is 6.65. The normalized spacial score (nSPS) is 9.21. The van der Waals surface area contributed by atoms with Gasteiger partial charge in [0.15, 0.2) is 0 Å². The molecule has 3 nitrogen and oxygen atoms in total. The first kappa shape index (κ1) is 10.6. The smallest absolute Gasteiger partial charge is 0.252 e. The van der Waals surface area contributed by atoms with Crippen LogP contribution in [0.5, 0.6) is 0 Å². The molecule has 0 bridgehead atoms. The Balaban J connectivity index is 2.82. The molecular weight excluding hydrogens is 200 g/mol. The highest BCUT2D eigenvalue weighted by atomic mass is 35.5. The maximum Gasteiger partial charge on any atom is 0.252 e. The number of carbonyl (C=O) groups excluding carboxylic acids is 1. The Labute approximate surface area is 87.3 Å². The van der Waals surface area contributed by atoms with Crippen LogP contribution in [0.2, 0.25) is 5.02 Å². The van der Waals surface area contributed by atoms with Gasteiger partial charge in [0, 0.05) is 10.6 Å². The number of rotatable bonds is 2. The third-order valence-electron chi connectivity index (χ3n) is 1.75. The van der Waals surface area contributed by atoms with E-state index < -0.39 is 0 Å². The van der Waals surface area contributed by atoms with Crippen molar-refractivity contribution in [3.8, 4) is 6.07 Å². The molecule has 0 saturated heterocycles. The zero-order valence-corrected chi connectivity index (χ0v) is 8.43. The molecule has 0 aromatic heterocycles. The first-order valence-electron chi connectivity index (χ1n) is 4.06. The van der Waals surface area contributed by atoms with E-state index in [0.29, 0.717) is 10.6 Å². The van der Waals surface area contributed by atoms with Gasteiger partial charge >= 0.3 is 0 Å². The summed E-state index contributed by atoms with van der Waals surface area (Å²) < 4.78 is 0. The molecule has 0 atom stereocenters. The molecule has 0 fully saturated rings. The van der Waals surface area contributed by atoms with Gasteiger partial charge in [-0.05, 0) is 30.7 Å². The van der Waals surface area contributed by atoms with Crippen LogP contribution in [0.1, 0.15) is 15.9 Å². The SMILES string of the molecule is Cc1cc(C(=O)NCC#N)ccc1Cl. The van der Waals surface area contributed by atoms with Crippen LogP contribution >= 0.6 is 11.6 Å². The van der Waals surface area contributed by atoms with Crippen molar-refractivity contribution in [1.29, 1.82) is 5.26 Å². The molecule has 72 valence electrons. The number of aryl methyl sites for hydroxylation is 1. The second-order valence-electron chi connectivity index (χ2n) is 2.80. The molecule has 0 unspecified atom stereocenters. The lowest BCUT2D eigenvalue weighted by Crippen LogP contribution is -2.23. The highest BCUT2D eigenvalue weighted by Crippen LogP contribution is 2.15. The molecule has 1 aromatic carbocycles. The Morgan fingerprint density at radius 3 is 2.93 bits per heavy atom. The molecule has 0 aliphatic rings. The second-order valence-corrected chi connectivity index (χ2v) is 3.21. The topological polar surface area (TPSA) is 52.9 Å². The fraction of sp³-hybridized carbons (Fsp3) is 0.200. The van der Waals surface area contributed by atoms with Gasteiger partial charge in [-0.2, -0.15) is 5.26 Å². The van der Waals surface area contributed by atoms with E-state index in [1.165, 1.54) is 0 Å². The van der Waals surface area contributed by atoms with Crippen LogP contribution in [0.3, 0.4) is 0 Å². The lowest BCUT2D eigenvalue weighted by atomic mass is 10.1. The predicted molar refractivity (Wildman–Crippen MR) is 54.1 cm³/mol. The number of nitrogens with one attached hydrogen (secondary N) is 1. The summed E-state index contributed by atoms with van der Waals surface area (Å²) >= 11 is 5.81. The van der Waals surface area contributed by atoms with E-state index in [9.17, 15) is 4.79 Å². The third kappa shape index (κ3) is 2.48. The number of hydrogen-bond donors (Lipinski definition) is 1. The Kier molecular flexibility index (Phi) is 3.49. The van der Waals surface area contributed by atoms with Crippen molar-refractivity contribution in [3.63, 3.8) is 0 Å². The van der Waals surface area contributed by atoms with Gasteiger partial charge in [-0.15, -0.1) is 0 Å². The summed E-state index contributed by atoms with van der Waals surface area (Å²) in [5.74, 6) is -0.258. The van der Waals surface area contributed by atoms with E-state index in [2.05, 4.69) is 5.32 Å². The molecule has 4 heteroatoms. The molecule has 1 aromatic rings. The van der Waals surface area contributed by atoms with E-state index in [4.69, 9.17) is 16.9 Å². The average molecular weight is 209 g/mol. The minimum atomic E-state index is -0.258. The number of nitrogens with zero attached hydrogens (tertiary/aromatic N) is 1. The minimum Gasteiger partial charge on any atom is -0.339 e. The molecule has 1 N–H and O–H groups in total. The number of carbonyl (C=O) groups is 1. The molecule has 1 amide bonds. The molecule has 0 radical (unpaired) electrons. The standard InChI is InChI=1S/C10H9ClN2O/c1-7-6-8(2-3-9(7)11)10(14)13-5-4-12/h2-3,6H,5H2,1H3,(H,13,14). The van der Waals surface area contributed by atoms with Crippen LogP contribution in [0, 0.1) is 18.3 Å². The van der Waals surface area contributed by atoms with E-state index >= 15 is 0 Å². The number of benzene rings is 1. The molecule has 0 spiro atoms. The highest BCUT2D eigenvalue weighted by molar-refractivity contribution is 6.31. The van der Waals surface area contributed by atoms with Crippen LogP contribution in [-0.4, -0.2) is 12.5 Å². The van der Waals surface area contributed by atoms with Crippen LogP contribution in [-0.2, 0) is 0 Å². The summed E-state index contributed by atoms with van der Waals surface area (Å²) in [5.41, 5.74) is 1.36. The molecule has 14 heavy (non-hydrogen) atoms. The summed E-state index contributed by atoms with van der Waals surface area (Å²) in [4.78, 5) is 11.4. The fourth-order valence-corrected chi connectivity index (χ4v) is 1.13. The van der Waals surface area contributed by atoms with Crippen LogP contribution < -0.4 is 5.32 Å². The van der Waals surface area contributed by atoms with Gasteiger partial charge in [0.25, 0.3) is 5.91 Å². The Hall–Kier alpha value is -1.53. The maximum atomic E-state index is 11.4. The van der Waals surface area contributed by atoms with Crippen LogP contribution in [0.4, 0.5) is 0 Å². The zero-order chi connectivity index (χ0) is 10.6. The Morgan fingerprint density at radius 2 is 2.36 bits per heavy atom. The fourth-order valence-electron chi connectivity index (χ4n) is 1.01. The molecule has 0 aliphatic heterocycles. The van der Waals surface area contributed by atoms with Gasteiger partial charge in [0.2, 0.25) is 0 Å². The van der Waals surface area contributed by atoms with Gasteiger partial charge in [0.05, 0.1) is 6.07 Å². The largest absolute Gasteiger partial charge is 0.339 e. The summed E-state index contributed by atoms with van der Waals surface area (Å²) in [7, 11) is 0. The van der Waals surface area contributed by atoms with E-state index in [-0.39, 0.29) is 12.5 Å². The minimum absolute atomic E-state index is 0.0144. The molecule has 0 heterocycles. The maximum absolute atomic E-state index is 11.4. The summed E-state index contributed by atoms with van der Waals surface area (Å²) in [6, 6.07) is 6.82. The van der Waals surface area contributed by atoms with Gasteiger partial charge in [0.1, 0.15) is 6.54 Å². The zero-order valence-electron chi connectivity index (χ0n) is 7.67. The van der Waals surface area contributed by atoms with Crippen molar-refractivity contribution in [2.24, 2.45) is 0 Å². The third-order valence-corrected chi connectivity index (χ3v) is 2.17. The van der Waals surface area contributed by atoms with E-state index in [0.717, 1.165) is 5.56 Å². The van der Waals surface area contributed by atoms with Crippen molar-refractivity contribution in [3.05, 3.63) is 34.3 Å². The molecule has 1 rings (SSSR count). The van der Waals surface area contributed by atoms with Crippen molar-refractivity contribution < 1.29 is 4.79 Å². The Morgan fingerprint density at radius 1 is 1.64 bits per heavy atom. The second kappa shape index (κ2) is 4.64. The van der Waals surface area contributed by atoms with Crippen molar-refractivity contribution in [2.75, 3.05) is 6.54 Å². The molecule has 0 saturated carbocycles. The lowest BCUT2D eigenvalue weighted by Gasteiger charge is -2.03. The molecular formula is C10H9ClN2O. The van der Waals surface area contributed by atoms with Crippen LogP contribution in [0.15, 0.2) is 18.2 Å². The van der Waals surface area contributed by atoms with Gasteiger partial charge < -0.3 is 5.32 Å². The van der Waals surface area contributed by atoms with Crippen LogP contribution in [0.25, 0.3) is 0 Å². The number of amides is 1. The van der Waals surface area contributed by atoms with E-state index in [1.807, 2.05) is 13.0 Å². The Bertz CT molecular complexity index is 396. The van der Waals surface area contributed by atoms with Gasteiger partial charge in [-0.1, -0.05) is 11.6 Å². The lowest BCUT2D eigenvalue weighted by molar-refractivity contribution is 0.0958.